The lowest BCUT2D eigenvalue weighted by molar-refractivity contribution is -0.143. The number of nitrogens with zero attached hydrogens (tertiary/aromatic N) is 2. The maximum atomic E-state index is 13.9. The number of rotatable bonds is 7. The molecule has 40 heavy (non-hydrogen) atoms. The summed E-state index contributed by atoms with van der Waals surface area (Å²) in [7, 11) is 0. The highest BCUT2D eigenvalue weighted by molar-refractivity contribution is 7.07. The van der Waals surface area contributed by atoms with Crippen molar-refractivity contribution in [3.8, 4) is 5.75 Å². The van der Waals surface area contributed by atoms with Crippen LogP contribution in [-0.4, -0.2) is 16.6 Å². The molecule has 0 saturated heterocycles. The minimum Gasteiger partial charge on any atom is -0.488 e. The van der Waals surface area contributed by atoms with Gasteiger partial charge in [-0.15, -0.1) is 0 Å². The second-order valence-electron chi connectivity index (χ2n) is 9.54. The predicted molar refractivity (Wildman–Crippen MR) is 159 cm³/mol. The van der Waals surface area contributed by atoms with E-state index in [9.17, 15) is 9.59 Å². The van der Waals surface area contributed by atoms with Crippen LogP contribution in [0, 0.1) is 0 Å². The van der Waals surface area contributed by atoms with Crippen molar-refractivity contribution in [2.24, 2.45) is 4.99 Å². The second kappa shape index (κ2) is 11.8. The summed E-state index contributed by atoms with van der Waals surface area (Å²) in [5.41, 5.74) is 3.01. The molecule has 0 saturated carbocycles. The lowest BCUT2D eigenvalue weighted by atomic mass is 9.96. The number of halogens is 2. The van der Waals surface area contributed by atoms with Crippen molar-refractivity contribution in [1.29, 1.82) is 0 Å². The topological polar surface area (TPSA) is 69.9 Å². The number of thiazole rings is 1. The van der Waals surface area contributed by atoms with Gasteiger partial charge in [-0.3, -0.25) is 9.36 Å². The Bertz CT molecular complexity index is 1770. The first-order valence-corrected chi connectivity index (χ1v) is 14.2. The summed E-state index contributed by atoms with van der Waals surface area (Å²) >= 11 is 13.4. The number of allylic oxidation sites excluding steroid dienone is 1. The molecule has 0 radical (unpaired) electrons. The third-order valence-corrected chi connectivity index (χ3v) is 7.77. The highest BCUT2D eigenvalue weighted by atomic mass is 35.5. The average Bonchev–Trinajstić information content (AvgIpc) is 3.22. The molecule has 0 bridgehead atoms. The van der Waals surface area contributed by atoms with E-state index >= 15 is 0 Å². The largest absolute Gasteiger partial charge is 0.488 e. The Morgan fingerprint density at radius 2 is 1.68 bits per heavy atom. The van der Waals surface area contributed by atoms with Crippen molar-refractivity contribution in [3.63, 3.8) is 0 Å². The van der Waals surface area contributed by atoms with Gasteiger partial charge in [-0.1, -0.05) is 77.0 Å². The molecule has 204 valence electrons. The predicted octanol–water partition coefficient (Wildman–Crippen LogP) is 6.07. The highest BCUT2D eigenvalue weighted by Gasteiger charge is 2.33. The maximum Gasteiger partial charge on any atom is 0.338 e. The van der Waals surface area contributed by atoms with Crippen molar-refractivity contribution >= 4 is 46.6 Å². The zero-order chi connectivity index (χ0) is 28.4. The Kier molecular flexibility index (Phi) is 8.26. The Hall–Kier alpha value is -3.65. The summed E-state index contributed by atoms with van der Waals surface area (Å²) in [6, 6.07) is 21.4. The van der Waals surface area contributed by atoms with Gasteiger partial charge in [0.05, 0.1) is 27.9 Å². The average molecular weight is 594 g/mol. The molecule has 6 nitrogen and oxygen atoms in total. The normalized spacial score (nSPS) is 15.2. The van der Waals surface area contributed by atoms with Gasteiger partial charge in [0.25, 0.3) is 5.56 Å². The van der Waals surface area contributed by atoms with Crippen molar-refractivity contribution in [1.82, 2.24) is 4.57 Å². The third-order valence-electron chi connectivity index (χ3n) is 6.28. The monoisotopic (exact) mass is 592 g/mol. The number of ether oxygens (including phenoxy) is 2. The number of esters is 1. The summed E-state index contributed by atoms with van der Waals surface area (Å²) < 4.78 is 13.7. The number of fused-ring (bicyclic) bond motifs is 1. The van der Waals surface area contributed by atoms with Gasteiger partial charge in [0.2, 0.25) is 0 Å². The molecule has 1 atom stereocenters. The van der Waals surface area contributed by atoms with Gasteiger partial charge in [-0.05, 0) is 68.3 Å². The third kappa shape index (κ3) is 5.92. The van der Waals surface area contributed by atoms with E-state index in [0.29, 0.717) is 43.0 Å². The van der Waals surface area contributed by atoms with Crippen LogP contribution in [0.1, 0.15) is 43.5 Å². The fraction of sp³-hybridized carbons (Fsp3) is 0.194. The molecule has 3 aromatic carbocycles. The summed E-state index contributed by atoms with van der Waals surface area (Å²) in [4.78, 5) is 32.3. The summed E-state index contributed by atoms with van der Waals surface area (Å²) in [5, 5.41) is 1.21. The van der Waals surface area contributed by atoms with Gasteiger partial charge in [0, 0.05) is 15.6 Å². The number of carbonyl (C=O) groups is 1. The fourth-order valence-electron chi connectivity index (χ4n) is 4.43. The minimum atomic E-state index is -0.710. The number of carbonyl (C=O) groups excluding carboxylic acids is 1. The molecule has 5 rings (SSSR count). The van der Waals surface area contributed by atoms with Gasteiger partial charge in [-0.2, -0.15) is 0 Å². The van der Waals surface area contributed by atoms with E-state index in [0.717, 1.165) is 16.7 Å². The van der Waals surface area contributed by atoms with Crippen molar-refractivity contribution in [2.45, 2.75) is 39.5 Å². The zero-order valence-electron chi connectivity index (χ0n) is 22.1. The van der Waals surface area contributed by atoms with E-state index in [-0.39, 0.29) is 11.7 Å². The van der Waals surface area contributed by atoms with Crippen molar-refractivity contribution in [3.05, 3.63) is 130 Å². The van der Waals surface area contributed by atoms with E-state index in [1.807, 2.05) is 60.7 Å². The van der Waals surface area contributed by atoms with Gasteiger partial charge < -0.3 is 9.47 Å². The number of aromatic nitrogens is 1. The maximum absolute atomic E-state index is 13.9. The zero-order valence-corrected chi connectivity index (χ0v) is 24.4. The van der Waals surface area contributed by atoms with Crippen LogP contribution in [0.2, 0.25) is 10.0 Å². The number of hydrogen-bond acceptors (Lipinski definition) is 6. The highest BCUT2D eigenvalue weighted by Crippen LogP contribution is 2.31. The van der Waals surface area contributed by atoms with Crippen molar-refractivity contribution < 1.29 is 14.3 Å². The van der Waals surface area contributed by atoms with E-state index in [2.05, 4.69) is 4.99 Å². The summed E-state index contributed by atoms with van der Waals surface area (Å²) in [5.74, 6) is 0.126. The molecule has 0 spiro atoms. The molecule has 1 unspecified atom stereocenters. The van der Waals surface area contributed by atoms with Crippen LogP contribution in [0.4, 0.5) is 0 Å². The number of benzene rings is 3. The molecule has 1 aliphatic heterocycles. The van der Waals surface area contributed by atoms with Crippen molar-refractivity contribution in [2.75, 3.05) is 0 Å². The summed E-state index contributed by atoms with van der Waals surface area (Å²) in [6.07, 6.45) is 1.47. The molecule has 0 fully saturated rings. The van der Waals surface area contributed by atoms with E-state index in [1.165, 1.54) is 11.3 Å². The van der Waals surface area contributed by atoms with Crippen LogP contribution in [0.15, 0.2) is 93.9 Å². The second-order valence-corrected chi connectivity index (χ2v) is 11.4. The first-order chi connectivity index (χ1) is 19.2. The molecule has 0 N–H and O–H groups in total. The molecular weight excluding hydrogens is 567 g/mol. The molecule has 1 aromatic heterocycles. The Balaban J connectivity index is 1.59. The molecule has 1 aliphatic rings. The number of para-hydroxylation sites is 1. The smallest absolute Gasteiger partial charge is 0.338 e. The first-order valence-electron chi connectivity index (χ1n) is 12.7. The number of hydrogen-bond donors (Lipinski definition) is 0. The van der Waals surface area contributed by atoms with Crippen LogP contribution < -0.4 is 19.6 Å². The Morgan fingerprint density at radius 3 is 2.35 bits per heavy atom. The molecular formula is C31H26Cl2N2O4S. The van der Waals surface area contributed by atoms with Crippen LogP contribution in [0.25, 0.3) is 6.08 Å². The van der Waals surface area contributed by atoms with Crippen LogP contribution in [0.3, 0.4) is 0 Å². The van der Waals surface area contributed by atoms with Gasteiger partial charge >= 0.3 is 5.97 Å². The van der Waals surface area contributed by atoms with E-state index < -0.39 is 12.0 Å². The van der Waals surface area contributed by atoms with Gasteiger partial charge in [-0.25, -0.2) is 9.79 Å². The fourth-order valence-corrected chi connectivity index (χ4v) is 5.72. The van der Waals surface area contributed by atoms with Crippen LogP contribution in [0.5, 0.6) is 5.75 Å². The molecule has 0 aliphatic carbocycles. The van der Waals surface area contributed by atoms with Crippen LogP contribution in [-0.2, 0) is 16.1 Å². The first kappa shape index (κ1) is 27.9. The molecule has 0 amide bonds. The minimum absolute atomic E-state index is 0.265. The molecule has 4 aromatic rings. The van der Waals surface area contributed by atoms with Gasteiger partial charge in [0.15, 0.2) is 4.80 Å². The van der Waals surface area contributed by atoms with E-state index in [1.54, 1.807) is 43.5 Å². The molecule has 9 heteroatoms. The summed E-state index contributed by atoms with van der Waals surface area (Å²) in [6.45, 7) is 5.68. The quantitative estimate of drug-likeness (QED) is 0.244. The Morgan fingerprint density at radius 1 is 1.02 bits per heavy atom. The lowest BCUT2D eigenvalue weighted by Crippen LogP contribution is -2.40. The molecule has 2 heterocycles. The van der Waals surface area contributed by atoms with Gasteiger partial charge in [0.1, 0.15) is 12.4 Å². The standard InChI is InChI=1S/C31H26Cl2N2O4S/c1-18(2)39-30(37)27-19(3)34-31-35(28(27)21-10-14-24(33)15-11-21)29(36)26(40-31)16-22-6-4-5-7-25(22)38-17-20-8-12-23(32)13-9-20/h4-16,18,28H,17H2,1-3H3. The van der Waals surface area contributed by atoms with E-state index in [4.69, 9.17) is 32.7 Å². The van der Waals surface area contributed by atoms with Crippen LogP contribution >= 0.6 is 34.5 Å². The SMILES string of the molecule is CC1=C(C(=O)OC(C)C)C(c2ccc(Cl)cc2)n2c(sc(=Cc3ccccc3OCc3ccc(Cl)cc3)c2=O)=N1. The lowest BCUT2D eigenvalue weighted by Gasteiger charge is -2.25. The Labute approximate surface area is 245 Å².